The maximum absolute atomic E-state index is 5.73. The number of hydrogen-bond donors (Lipinski definition) is 1. The number of rotatable bonds is 2. The molecule has 0 radical (unpaired) electrons. The van der Waals surface area contributed by atoms with E-state index in [0.717, 1.165) is 5.92 Å². The molecule has 2 rings (SSSR count). The van der Waals surface area contributed by atoms with E-state index in [2.05, 4.69) is 50.8 Å². The second-order valence-corrected chi connectivity index (χ2v) is 6.94. The third-order valence-corrected chi connectivity index (χ3v) is 4.63. The number of benzene rings is 1. The van der Waals surface area contributed by atoms with Gasteiger partial charge < -0.3 is 10.6 Å². The van der Waals surface area contributed by atoms with Crippen molar-refractivity contribution in [3.05, 3.63) is 29.3 Å². The molecule has 2 N–H and O–H groups in total. The van der Waals surface area contributed by atoms with E-state index in [4.69, 9.17) is 5.73 Å². The number of nitrogens with two attached hydrogens (primary N) is 1. The Balaban J connectivity index is 2.04. The van der Waals surface area contributed by atoms with Gasteiger partial charge in [0.2, 0.25) is 0 Å². The summed E-state index contributed by atoms with van der Waals surface area (Å²) in [5.74, 6) is 0.855. The molecule has 1 heterocycles. The minimum atomic E-state index is 0.450. The molecule has 0 bridgehead atoms. The molecule has 0 spiro atoms. The predicted octanol–water partition coefficient (Wildman–Crippen LogP) is 3.72. The van der Waals surface area contributed by atoms with E-state index in [-0.39, 0.29) is 0 Å². The topological polar surface area (TPSA) is 29.3 Å². The predicted molar refractivity (Wildman–Crippen MR) is 83.5 cm³/mol. The van der Waals surface area contributed by atoms with Crippen LogP contribution in [-0.4, -0.2) is 13.1 Å². The molecule has 2 heteroatoms. The fourth-order valence-corrected chi connectivity index (χ4v) is 3.11. The second-order valence-electron chi connectivity index (χ2n) is 6.94. The molecular weight excluding hydrogens is 232 g/mol. The zero-order chi connectivity index (χ0) is 14.0. The van der Waals surface area contributed by atoms with Gasteiger partial charge in [0.15, 0.2) is 0 Å². The van der Waals surface area contributed by atoms with Gasteiger partial charge in [0, 0.05) is 25.3 Å². The Morgan fingerprint density at radius 1 is 1.21 bits per heavy atom. The highest BCUT2D eigenvalue weighted by Crippen LogP contribution is 2.35. The number of piperidine rings is 1. The van der Waals surface area contributed by atoms with Crippen LogP contribution in [0.5, 0.6) is 0 Å². The summed E-state index contributed by atoms with van der Waals surface area (Å²) < 4.78 is 0. The van der Waals surface area contributed by atoms with Crippen LogP contribution < -0.4 is 10.6 Å². The van der Waals surface area contributed by atoms with Gasteiger partial charge in [0.25, 0.3) is 0 Å². The number of anilines is 1. The van der Waals surface area contributed by atoms with Gasteiger partial charge in [0.1, 0.15) is 0 Å². The van der Waals surface area contributed by atoms with Crippen LogP contribution in [0.1, 0.15) is 44.7 Å². The summed E-state index contributed by atoms with van der Waals surface area (Å²) in [6.45, 7) is 12.3. The van der Waals surface area contributed by atoms with E-state index < -0.39 is 0 Å². The van der Waals surface area contributed by atoms with Crippen molar-refractivity contribution in [3.63, 3.8) is 0 Å². The van der Waals surface area contributed by atoms with Gasteiger partial charge in [-0.1, -0.05) is 26.8 Å². The minimum absolute atomic E-state index is 0.450. The van der Waals surface area contributed by atoms with E-state index in [1.807, 2.05) is 0 Å². The molecule has 0 aromatic heterocycles. The Hall–Kier alpha value is -1.02. The lowest BCUT2D eigenvalue weighted by Crippen LogP contribution is -2.38. The molecule has 1 aromatic rings. The number of hydrogen-bond acceptors (Lipinski definition) is 2. The third kappa shape index (κ3) is 3.30. The van der Waals surface area contributed by atoms with E-state index in [0.29, 0.717) is 12.0 Å². The monoisotopic (exact) mass is 260 g/mol. The van der Waals surface area contributed by atoms with Gasteiger partial charge in [-0.2, -0.15) is 0 Å². The number of nitrogens with zero attached hydrogens (tertiary/aromatic N) is 1. The van der Waals surface area contributed by atoms with Crippen molar-refractivity contribution in [2.45, 2.75) is 47.1 Å². The fraction of sp³-hybridized carbons (Fsp3) is 0.647. The quantitative estimate of drug-likeness (QED) is 0.878. The van der Waals surface area contributed by atoms with Crippen molar-refractivity contribution in [3.8, 4) is 0 Å². The smallest absolute Gasteiger partial charge is 0.0369 e. The van der Waals surface area contributed by atoms with Gasteiger partial charge in [-0.3, -0.25) is 0 Å². The highest BCUT2D eigenvalue weighted by Gasteiger charge is 2.28. The maximum atomic E-state index is 5.73. The van der Waals surface area contributed by atoms with Crippen LogP contribution in [0.15, 0.2) is 18.2 Å². The van der Waals surface area contributed by atoms with Crippen molar-refractivity contribution in [2.24, 2.45) is 17.1 Å². The molecule has 0 unspecified atom stereocenters. The molecule has 0 saturated carbocycles. The zero-order valence-electron chi connectivity index (χ0n) is 12.9. The minimum Gasteiger partial charge on any atom is -0.372 e. The Morgan fingerprint density at radius 3 is 2.32 bits per heavy atom. The Kier molecular flexibility index (Phi) is 4.19. The van der Waals surface area contributed by atoms with Crippen LogP contribution >= 0.6 is 0 Å². The van der Waals surface area contributed by atoms with Gasteiger partial charge >= 0.3 is 0 Å². The molecule has 19 heavy (non-hydrogen) atoms. The highest BCUT2D eigenvalue weighted by atomic mass is 15.1. The molecule has 0 amide bonds. The summed E-state index contributed by atoms with van der Waals surface area (Å²) in [4.78, 5) is 2.52. The maximum Gasteiger partial charge on any atom is 0.0369 e. The normalized spacial score (nSPS) is 17.8. The largest absolute Gasteiger partial charge is 0.372 e. The molecule has 1 aliphatic rings. The van der Waals surface area contributed by atoms with Crippen LogP contribution in [0.4, 0.5) is 5.69 Å². The van der Waals surface area contributed by atoms with Crippen LogP contribution in [-0.2, 0) is 6.54 Å². The van der Waals surface area contributed by atoms with Gasteiger partial charge in [0.05, 0.1) is 0 Å². The molecular formula is C17H28N2. The lowest BCUT2D eigenvalue weighted by atomic mass is 9.75. The van der Waals surface area contributed by atoms with Crippen LogP contribution in [0.2, 0.25) is 0 Å². The fourth-order valence-electron chi connectivity index (χ4n) is 3.11. The van der Waals surface area contributed by atoms with E-state index in [1.54, 1.807) is 0 Å². The summed E-state index contributed by atoms with van der Waals surface area (Å²) in [7, 11) is 0. The SMILES string of the molecule is Cc1cc(N2CCC(C(C)(C)C)CC2)ccc1CN. The average Bonchev–Trinajstić information content (AvgIpc) is 2.38. The molecule has 1 aliphatic heterocycles. The molecule has 1 fully saturated rings. The van der Waals surface area contributed by atoms with Crippen molar-refractivity contribution in [1.82, 2.24) is 0 Å². The highest BCUT2D eigenvalue weighted by molar-refractivity contribution is 5.51. The summed E-state index contributed by atoms with van der Waals surface area (Å²) in [6, 6.07) is 6.70. The van der Waals surface area contributed by atoms with Crippen molar-refractivity contribution < 1.29 is 0 Å². The van der Waals surface area contributed by atoms with Crippen molar-refractivity contribution in [1.29, 1.82) is 0 Å². The summed E-state index contributed by atoms with van der Waals surface area (Å²) in [5, 5.41) is 0. The second kappa shape index (κ2) is 5.54. The summed E-state index contributed by atoms with van der Waals surface area (Å²) in [5.41, 5.74) is 10.1. The molecule has 1 saturated heterocycles. The number of aryl methyl sites for hydroxylation is 1. The standard InChI is InChI=1S/C17H28N2/c1-13-11-16(6-5-14(13)12-18)19-9-7-15(8-10-19)17(2,3)4/h5-6,11,15H,7-10,12,18H2,1-4H3. The molecule has 0 atom stereocenters. The average molecular weight is 260 g/mol. The van der Waals surface area contributed by atoms with Crippen LogP contribution in [0.25, 0.3) is 0 Å². The molecule has 106 valence electrons. The first kappa shape index (κ1) is 14.4. The Bertz CT molecular complexity index is 423. The Morgan fingerprint density at radius 2 is 1.84 bits per heavy atom. The first-order valence-corrected chi connectivity index (χ1v) is 7.46. The molecule has 2 nitrogen and oxygen atoms in total. The first-order chi connectivity index (χ1) is 8.91. The molecule has 1 aromatic carbocycles. The van der Waals surface area contributed by atoms with Gasteiger partial charge in [-0.15, -0.1) is 0 Å². The Labute approximate surface area is 118 Å². The zero-order valence-corrected chi connectivity index (χ0v) is 12.9. The molecule has 0 aliphatic carbocycles. The van der Waals surface area contributed by atoms with Crippen molar-refractivity contribution in [2.75, 3.05) is 18.0 Å². The van der Waals surface area contributed by atoms with Crippen LogP contribution in [0, 0.1) is 18.3 Å². The third-order valence-electron chi connectivity index (χ3n) is 4.63. The van der Waals surface area contributed by atoms with Gasteiger partial charge in [-0.25, -0.2) is 0 Å². The summed E-state index contributed by atoms with van der Waals surface area (Å²) in [6.07, 6.45) is 2.61. The van der Waals surface area contributed by atoms with Crippen LogP contribution in [0.3, 0.4) is 0 Å². The van der Waals surface area contributed by atoms with Gasteiger partial charge in [-0.05, 0) is 54.4 Å². The first-order valence-electron chi connectivity index (χ1n) is 7.46. The summed E-state index contributed by atoms with van der Waals surface area (Å²) >= 11 is 0. The van der Waals surface area contributed by atoms with E-state index in [1.165, 1.54) is 42.7 Å². The van der Waals surface area contributed by atoms with Crippen molar-refractivity contribution >= 4 is 5.69 Å². The lowest BCUT2D eigenvalue weighted by Gasteiger charge is -2.40. The lowest BCUT2D eigenvalue weighted by molar-refractivity contribution is 0.199. The van der Waals surface area contributed by atoms with E-state index in [9.17, 15) is 0 Å². The van der Waals surface area contributed by atoms with E-state index >= 15 is 0 Å².